The number of nitrogens with zero attached hydrogens (tertiary/aromatic N) is 2. The van der Waals surface area contributed by atoms with Crippen molar-refractivity contribution in [3.05, 3.63) is 83.9 Å². The van der Waals surface area contributed by atoms with Crippen LogP contribution in [0.2, 0.25) is 0 Å². The monoisotopic (exact) mass is 478 g/mol. The zero-order valence-electron chi connectivity index (χ0n) is 19.3. The minimum atomic E-state index is -3.75. The van der Waals surface area contributed by atoms with Crippen LogP contribution in [0.1, 0.15) is 30.1 Å². The lowest BCUT2D eigenvalue weighted by Crippen LogP contribution is -2.42. The zero-order chi connectivity index (χ0) is 23.7. The molecule has 3 aromatic rings. The highest BCUT2D eigenvalue weighted by molar-refractivity contribution is 7.93. The molecule has 34 heavy (non-hydrogen) atoms. The molecule has 1 atom stereocenters. The molecular weight excluding hydrogens is 448 g/mol. The van der Waals surface area contributed by atoms with E-state index in [0.717, 1.165) is 31.5 Å². The van der Waals surface area contributed by atoms with Gasteiger partial charge < -0.3 is 14.7 Å². The quantitative estimate of drug-likeness (QED) is 0.574. The first-order valence-corrected chi connectivity index (χ1v) is 13.2. The SMILES string of the molecule is Cc1ccc([C@@H](O)CN2CCC(CN3c4ccccc4Oc4ccccc4S3(=O)=O)CC2)cc1. The lowest BCUT2D eigenvalue weighted by atomic mass is 9.96. The maximum absolute atomic E-state index is 13.7. The molecule has 0 spiro atoms. The second-order valence-corrected chi connectivity index (χ2v) is 11.1. The molecule has 3 aromatic carbocycles. The van der Waals surface area contributed by atoms with Crippen molar-refractivity contribution in [1.82, 2.24) is 4.90 Å². The number of fused-ring (bicyclic) bond motifs is 2. The van der Waals surface area contributed by atoms with Crippen LogP contribution in [-0.2, 0) is 10.0 Å². The van der Waals surface area contributed by atoms with Gasteiger partial charge in [-0.25, -0.2) is 8.42 Å². The number of sulfonamides is 1. The van der Waals surface area contributed by atoms with Crippen molar-refractivity contribution in [2.75, 3.05) is 30.5 Å². The Morgan fingerprint density at radius 3 is 2.32 bits per heavy atom. The average molecular weight is 479 g/mol. The predicted molar refractivity (Wildman–Crippen MR) is 133 cm³/mol. The van der Waals surface area contributed by atoms with Crippen molar-refractivity contribution in [3.8, 4) is 11.5 Å². The van der Waals surface area contributed by atoms with E-state index >= 15 is 0 Å². The molecular formula is C27H30N2O4S. The minimum absolute atomic E-state index is 0.199. The van der Waals surface area contributed by atoms with Crippen LogP contribution in [0.25, 0.3) is 0 Å². The first-order chi connectivity index (χ1) is 16.4. The number of likely N-dealkylation sites (tertiary alicyclic amines) is 1. The summed E-state index contributed by atoms with van der Waals surface area (Å²) >= 11 is 0. The Morgan fingerprint density at radius 2 is 1.59 bits per heavy atom. The number of hydrogen-bond donors (Lipinski definition) is 1. The molecule has 0 aliphatic carbocycles. The van der Waals surface area contributed by atoms with Crippen molar-refractivity contribution in [1.29, 1.82) is 0 Å². The molecule has 2 aliphatic rings. The van der Waals surface area contributed by atoms with Gasteiger partial charge in [0.05, 0.1) is 11.8 Å². The number of aliphatic hydroxyl groups excluding tert-OH is 1. The van der Waals surface area contributed by atoms with Crippen LogP contribution >= 0.6 is 0 Å². The third-order valence-corrected chi connectivity index (χ3v) is 8.61. The number of benzene rings is 3. The molecule has 0 bridgehead atoms. The van der Waals surface area contributed by atoms with E-state index in [-0.39, 0.29) is 10.8 Å². The van der Waals surface area contributed by atoms with Crippen molar-refractivity contribution in [3.63, 3.8) is 0 Å². The summed E-state index contributed by atoms with van der Waals surface area (Å²) in [5.74, 6) is 1.13. The van der Waals surface area contributed by atoms with Gasteiger partial charge in [-0.3, -0.25) is 4.31 Å². The molecule has 0 radical (unpaired) electrons. The number of piperidine rings is 1. The molecule has 1 fully saturated rings. The Bertz CT molecular complexity index is 1250. The molecule has 2 heterocycles. The van der Waals surface area contributed by atoms with Crippen molar-refractivity contribution in [2.24, 2.45) is 5.92 Å². The number of rotatable bonds is 5. The summed E-state index contributed by atoms with van der Waals surface area (Å²) in [6, 6.07) is 22.1. The molecule has 7 heteroatoms. The third kappa shape index (κ3) is 4.56. The summed E-state index contributed by atoms with van der Waals surface area (Å²) < 4.78 is 34.8. The summed E-state index contributed by atoms with van der Waals surface area (Å²) in [5.41, 5.74) is 2.68. The van der Waals surface area contributed by atoms with Gasteiger partial charge >= 0.3 is 0 Å². The second-order valence-electron chi connectivity index (χ2n) is 9.22. The Labute approximate surface area is 201 Å². The number of hydrogen-bond acceptors (Lipinski definition) is 5. The van der Waals surface area contributed by atoms with Gasteiger partial charge in [-0.05, 0) is 68.6 Å². The standard InChI is InChI=1S/C27H30N2O4S/c1-20-10-12-22(13-11-20)24(30)19-28-16-14-21(15-17-28)18-29-23-6-2-3-7-25(23)33-26-8-4-5-9-27(26)34(29,31)32/h2-13,21,24,30H,14-19H2,1H3/t24-/m0/s1. The molecule has 0 unspecified atom stereocenters. The largest absolute Gasteiger partial charge is 0.454 e. The number of aliphatic hydroxyl groups is 1. The topological polar surface area (TPSA) is 70.1 Å². The third-order valence-electron chi connectivity index (χ3n) is 6.80. The molecule has 178 valence electrons. The number of ether oxygens (including phenoxy) is 1. The molecule has 1 N–H and O–H groups in total. The van der Waals surface area contributed by atoms with Crippen molar-refractivity contribution < 1.29 is 18.3 Å². The fraction of sp³-hybridized carbons (Fsp3) is 0.333. The van der Waals surface area contributed by atoms with Gasteiger partial charge in [0, 0.05) is 13.1 Å². The fourth-order valence-electron chi connectivity index (χ4n) is 4.78. The van der Waals surface area contributed by atoms with E-state index in [1.807, 2.05) is 55.5 Å². The number of β-amino-alcohol motifs (C(OH)–C–C–N with tert-alkyl or cyclic N) is 1. The summed E-state index contributed by atoms with van der Waals surface area (Å²) in [4.78, 5) is 2.47. The van der Waals surface area contributed by atoms with E-state index in [2.05, 4.69) is 4.90 Å². The smallest absolute Gasteiger partial charge is 0.268 e. The van der Waals surface area contributed by atoms with E-state index < -0.39 is 16.1 Å². The van der Waals surface area contributed by atoms with Gasteiger partial charge in [0.25, 0.3) is 10.0 Å². The van der Waals surface area contributed by atoms with Gasteiger partial charge in [0.2, 0.25) is 0 Å². The van der Waals surface area contributed by atoms with Crippen molar-refractivity contribution in [2.45, 2.75) is 30.8 Å². The van der Waals surface area contributed by atoms with Gasteiger partial charge in [0.15, 0.2) is 5.75 Å². The Balaban J connectivity index is 1.29. The Kier molecular flexibility index (Phi) is 6.34. The van der Waals surface area contributed by atoms with Crippen LogP contribution in [0.3, 0.4) is 0 Å². The molecule has 0 aromatic heterocycles. The fourth-order valence-corrected chi connectivity index (χ4v) is 6.45. The van der Waals surface area contributed by atoms with E-state index in [1.54, 1.807) is 24.3 Å². The Morgan fingerprint density at radius 1 is 0.941 bits per heavy atom. The van der Waals surface area contributed by atoms with Crippen LogP contribution in [0, 0.1) is 12.8 Å². The maximum atomic E-state index is 13.7. The van der Waals surface area contributed by atoms with Gasteiger partial charge in [-0.1, -0.05) is 54.1 Å². The van der Waals surface area contributed by atoms with Gasteiger partial charge in [-0.2, -0.15) is 0 Å². The lowest BCUT2D eigenvalue weighted by Gasteiger charge is -2.35. The molecule has 6 nitrogen and oxygen atoms in total. The zero-order valence-corrected chi connectivity index (χ0v) is 20.1. The first-order valence-electron chi connectivity index (χ1n) is 11.8. The van der Waals surface area contributed by atoms with E-state index in [9.17, 15) is 13.5 Å². The van der Waals surface area contributed by atoms with Crippen LogP contribution in [0.15, 0.2) is 77.7 Å². The van der Waals surface area contributed by atoms with Crippen LogP contribution in [0.4, 0.5) is 5.69 Å². The second kappa shape index (κ2) is 9.41. The molecule has 0 saturated carbocycles. The van der Waals surface area contributed by atoms with Gasteiger partial charge in [-0.15, -0.1) is 0 Å². The van der Waals surface area contributed by atoms with Crippen LogP contribution < -0.4 is 9.04 Å². The number of aryl methyl sites for hydroxylation is 1. The summed E-state index contributed by atoms with van der Waals surface area (Å²) in [6.07, 6.45) is 1.22. The summed E-state index contributed by atoms with van der Waals surface area (Å²) in [7, 11) is -3.75. The maximum Gasteiger partial charge on any atom is 0.268 e. The highest BCUT2D eigenvalue weighted by Gasteiger charge is 2.35. The van der Waals surface area contributed by atoms with Gasteiger partial charge in [0.1, 0.15) is 10.6 Å². The minimum Gasteiger partial charge on any atom is -0.454 e. The van der Waals surface area contributed by atoms with Crippen LogP contribution in [0.5, 0.6) is 11.5 Å². The molecule has 1 saturated heterocycles. The highest BCUT2D eigenvalue weighted by Crippen LogP contribution is 2.43. The predicted octanol–water partition coefficient (Wildman–Crippen LogP) is 4.74. The first kappa shape index (κ1) is 22.9. The van der Waals surface area contributed by atoms with E-state index in [1.165, 1.54) is 9.87 Å². The Hall–Kier alpha value is -2.87. The molecule has 2 aliphatic heterocycles. The lowest BCUT2D eigenvalue weighted by molar-refractivity contribution is 0.0905. The molecule has 0 amide bonds. The van der Waals surface area contributed by atoms with Crippen molar-refractivity contribution >= 4 is 15.7 Å². The normalized spacial score (nSPS) is 18.9. The average Bonchev–Trinajstić information content (AvgIpc) is 2.93. The number of para-hydroxylation sites is 3. The van der Waals surface area contributed by atoms with E-state index in [4.69, 9.17) is 4.74 Å². The van der Waals surface area contributed by atoms with Crippen LogP contribution in [-0.4, -0.2) is 44.6 Å². The van der Waals surface area contributed by atoms with E-state index in [0.29, 0.717) is 30.3 Å². The highest BCUT2D eigenvalue weighted by atomic mass is 32.2. The summed E-state index contributed by atoms with van der Waals surface area (Å²) in [6.45, 7) is 4.69. The summed E-state index contributed by atoms with van der Waals surface area (Å²) in [5, 5.41) is 10.6. The molecule has 5 rings (SSSR count). The number of anilines is 1.